The Morgan fingerprint density at radius 2 is 1.67 bits per heavy atom. The van der Waals surface area contributed by atoms with Gasteiger partial charge in [0.05, 0.1) is 4.90 Å². The Morgan fingerprint density at radius 3 is 2.30 bits per heavy atom. The molecule has 0 saturated carbocycles. The van der Waals surface area contributed by atoms with E-state index in [-0.39, 0.29) is 16.8 Å². The van der Waals surface area contributed by atoms with Gasteiger partial charge < -0.3 is 14.8 Å². The SMILES string of the molecule is CC(C)N(C)S(=O)(=O)c1ccc(NC(=O)c2ccc3c(c2)OCCO3)cc1. The van der Waals surface area contributed by atoms with Crippen LogP contribution >= 0.6 is 0 Å². The second-order valence-corrected chi connectivity index (χ2v) is 8.45. The lowest BCUT2D eigenvalue weighted by molar-refractivity contribution is 0.102. The first-order chi connectivity index (χ1) is 12.8. The first kappa shape index (κ1) is 19.2. The molecular weight excluding hydrogens is 368 g/mol. The van der Waals surface area contributed by atoms with Crippen LogP contribution in [-0.2, 0) is 10.0 Å². The minimum absolute atomic E-state index is 0.149. The molecule has 0 saturated heterocycles. The standard InChI is InChI=1S/C19H22N2O5S/c1-13(2)21(3)27(23,24)16-7-5-15(6-8-16)20-19(22)14-4-9-17-18(12-14)26-11-10-25-17/h4-9,12-13H,10-11H2,1-3H3,(H,20,22). The number of fused-ring (bicyclic) bond motifs is 1. The van der Waals surface area contributed by atoms with Crippen LogP contribution in [0.25, 0.3) is 0 Å². The molecule has 1 amide bonds. The number of carbonyl (C=O) groups is 1. The molecule has 1 N–H and O–H groups in total. The Kier molecular flexibility index (Phi) is 5.38. The molecule has 3 rings (SSSR count). The van der Waals surface area contributed by atoms with Gasteiger partial charge in [0.25, 0.3) is 5.91 Å². The Hall–Kier alpha value is -2.58. The van der Waals surface area contributed by atoms with Crippen molar-refractivity contribution in [2.75, 3.05) is 25.6 Å². The number of ether oxygens (including phenoxy) is 2. The van der Waals surface area contributed by atoms with Gasteiger partial charge in [-0.2, -0.15) is 4.31 Å². The Balaban J connectivity index is 1.74. The molecule has 0 atom stereocenters. The second-order valence-electron chi connectivity index (χ2n) is 6.45. The van der Waals surface area contributed by atoms with Crippen molar-refractivity contribution in [2.24, 2.45) is 0 Å². The van der Waals surface area contributed by atoms with Crippen LogP contribution in [0, 0.1) is 0 Å². The minimum atomic E-state index is -3.56. The van der Waals surface area contributed by atoms with E-state index in [1.165, 1.54) is 23.5 Å². The van der Waals surface area contributed by atoms with Crippen LogP contribution in [0.1, 0.15) is 24.2 Å². The van der Waals surface area contributed by atoms with Crippen molar-refractivity contribution in [3.05, 3.63) is 48.0 Å². The molecule has 7 nitrogen and oxygen atoms in total. The molecule has 0 aliphatic carbocycles. The molecular formula is C19H22N2O5S. The van der Waals surface area contributed by atoms with E-state index in [1.807, 2.05) is 0 Å². The topological polar surface area (TPSA) is 84.9 Å². The van der Waals surface area contributed by atoms with Gasteiger partial charge in [0.15, 0.2) is 11.5 Å². The summed E-state index contributed by atoms with van der Waals surface area (Å²) in [7, 11) is -2.02. The molecule has 0 unspecified atom stereocenters. The Labute approximate surface area is 158 Å². The molecule has 8 heteroatoms. The zero-order chi connectivity index (χ0) is 19.6. The van der Waals surface area contributed by atoms with E-state index in [4.69, 9.17) is 9.47 Å². The van der Waals surface area contributed by atoms with E-state index >= 15 is 0 Å². The first-order valence-electron chi connectivity index (χ1n) is 8.58. The second kappa shape index (κ2) is 7.58. The van der Waals surface area contributed by atoms with Crippen molar-refractivity contribution < 1.29 is 22.7 Å². The molecule has 1 aliphatic heterocycles. The number of rotatable bonds is 5. The largest absolute Gasteiger partial charge is 0.486 e. The van der Waals surface area contributed by atoms with Gasteiger partial charge in [-0.25, -0.2) is 8.42 Å². The molecule has 144 valence electrons. The third-order valence-electron chi connectivity index (χ3n) is 4.32. The fourth-order valence-corrected chi connectivity index (χ4v) is 3.91. The van der Waals surface area contributed by atoms with E-state index in [1.54, 1.807) is 44.2 Å². The molecule has 27 heavy (non-hydrogen) atoms. The molecule has 0 radical (unpaired) electrons. The third kappa shape index (κ3) is 4.06. The van der Waals surface area contributed by atoms with Gasteiger partial charge in [-0.1, -0.05) is 0 Å². The molecule has 1 heterocycles. The normalized spacial score (nSPS) is 13.7. The third-order valence-corrected chi connectivity index (χ3v) is 6.37. The van der Waals surface area contributed by atoms with Crippen LogP contribution in [-0.4, -0.2) is 44.9 Å². The van der Waals surface area contributed by atoms with E-state index in [2.05, 4.69) is 5.32 Å². The maximum absolute atomic E-state index is 12.5. The maximum Gasteiger partial charge on any atom is 0.255 e. The van der Waals surface area contributed by atoms with Crippen molar-refractivity contribution in [3.63, 3.8) is 0 Å². The molecule has 0 aromatic heterocycles. The Morgan fingerprint density at radius 1 is 1.04 bits per heavy atom. The fourth-order valence-electron chi connectivity index (χ4n) is 2.54. The van der Waals surface area contributed by atoms with Crippen LogP contribution < -0.4 is 14.8 Å². The van der Waals surface area contributed by atoms with E-state index in [9.17, 15) is 13.2 Å². The summed E-state index contributed by atoms with van der Waals surface area (Å²) < 4.78 is 37.2. The lowest BCUT2D eigenvalue weighted by Gasteiger charge is -2.21. The van der Waals surface area contributed by atoms with Crippen molar-refractivity contribution >= 4 is 21.6 Å². The molecule has 2 aromatic carbocycles. The summed E-state index contributed by atoms with van der Waals surface area (Å²) in [6.45, 7) is 4.54. The van der Waals surface area contributed by atoms with E-state index < -0.39 is 10.0 Å². The van der Waals surface area contributed by atoms with Crippen LogP contribution in [0.2, 0.25) is 0 Å². The van der Waals surface area contributed by atoms with E-state index in [0.717, 1.165) is 0 Å². The van der Waals surface area contributed by atoms with Crippen molar-refractivity contribution in [1.29, 1.82) is 0 Å². The number of nitrogens with one attached hydrogen (secondary N) is 1. The summed E-state index contributed by atoms with van der Waals surface area (Å²) in [6, 6.07) is 10.9. The molecule has 0 bridgehead atoms. The highest BCUT2D eigenvalue weighted by Gasteiger charge is 2.23. The zero-order valence-corrected chi connectivity index (χ0v) is 16.2. The number of amides is 1. The van der Waals surface area contributed by atoms with Crippen LogP contribution in [0.3, 0.4) is 0 Å². The number of benzene rings is 2. The quantitative estimate of drug-likeness (QED) is 0.849. The number of carbonyl (C=O) groups excluding carboxylic acids is 1. The average molecular weight is 390 g/mol. The number of sulfonamides is 1. The Bertz CT molecular complexity index is 939. The van der Waals surface area contributed by atoms with Crippen molar-refractivity contribution in [1.82, 2.24) is 4.31 Å². The van der Waals surface area contributed by atoms with Crippen LogP contribution in [0.5, 0.6) is 11.5 Å². The van der Waals surface area contributed by atoms with Gasteiger partial charge in [-0.05, 0) is 56.3 Å². The summed E-state index contributed by atoms with van der Waals surface area (Å²) in [4.78, 5) is 12.6. The summed E-state index contributed by atoms with van der Waals surface area (Å²) >= 11 is 0. The minimum Gasteiger partial charge on any atom is -0.486 e. The summed E-state index contributed by atoms with van der Waals surface area (Å²) in [6.07, 6.45) is 0. The lowest BCUT2D eigenvalue weighted by Crippen LogP contribution is -2.33. The van der Waals surface area contributed by atoms with Gasteiger partial charge in [0, 0.05) is 24.3 Å². The summed E-state index contributed by atoms with van der Waals surface area (Å²) in [5.74, 6) is 0.829. The number of nitrogens with zero attached hydrogens (tertiary/aromatic N) is 1. The molecule has 0 fully saturated rings. The smallest absolute Gasteiger partial charge is 0.255 e. The predicted molar refractivity (Wildman–Crippen MR) is 102 cm³/mol. The summed E-state index contributed by atoms with van der Waals surface area (Å²) in [5, 5.41) is 2.75. The highest BCUT2D eigenvalue weighted by atomic mass is 32.2. The number of hydrogen-bond donors (Lipinski definition) is 1. The van der Waals surface area contributed by atoms with Crippen LogP contribution in [0.4, 0.5) is 5.69 Å². The van der Waals surface area contributed by atoms with Gasteiger partial charge >= 0.3 is 0 Å². The lowest BCUT2D eigenvalue weighted by atomic mass is 10.1. The van der Waals surface area contributed by atoms with Gasteiger partial charge in [-0.15, -0.1) is 0 Å². The monoisotopic (exact) mass is 390 g/mol. The highest BCUT2D eigenvalue weighted by molar-refractivity contribution is 7.89. The van der Waals surface area contributed by atoms with Crippen molar-refractivity contribution in [3.8, 4) is 11.5 Å². The average Bonchev–Trinajstić information content (AvgIpc) is 2.67. The van der Waals surface area contributed by atoms with E-state index in [0.29, 0.717) is 36.0 Å². The van der Waals surface area contributed by atoms with Crippen molar-refractivity contribution in [2.45, 2.75) is 24.8 Å². The van der Waals surface area contributed by atoms with Gasteiger partial charge in [-0.3, -0.25) is 4.79 Å². The van der Waals surface area contributed by atoms with Crippen LogP contribution in [0.15, 0.2) is 47.4 Å². The molecule has 1 aliphatic rings. The zero-order valence-electron chi connectivity index (χ0n) is 15.4. The fraction of sp³-hybridized carbons (Fsp3) is 0.316. The predicted octanol–water partition coefficient (Wildman–Crippen LogP) is 2.74. The van der Waals surface area contributed by atoms with Gasteiger partial charge in [0.2, 0.25) is 10.0 Å². The maximum atomic E-state index is 12.5. The first-order valence-corrected chi connectivity index (χ1v) is 10.0. The molecule has 2 aromatic rings. The highest BCUT2D eigenvalue weighted by Crippen LogP contribution is 2.31. The van der Waals surface area contributed by atoms with Gasteiger partial charge in [0.1, 0.15) is 13.2 Å². The molecule has 0 spiro atoms. The summed E-state index contributed by atoms with van der Waals surface area (Å²) in [5.41, 5.74) is 0.927. The number of hydrogen-bond acceptors (Lipinski definition) is 5. The number of anilines is 1.